The molecule has 3 aromatic carbocycles. The van der Waals surface area contributed by atoms with E-state index in [1.807, 2.05) is 37.3 Å². The normalized spacial score (nSPS) is 11.0. The Kier molecular flexibility index (Phi) is 3.16. The van der Waals surface area contributed by atoms with Crippen LogP contribution in [0.5, 0.6) is 0 Å². The van der Waals surface area contributed by atoms with E-state index in [1.54, 1.807) is 24.3 Å². The maximum absolute atomic E-state index is 11.6. The Hall–Kier alpha value is -3.41. The molecule has 0 bridgehead atoms. The Labute approximate surface area is 136 Å². The lowest BCUT2D eigenvalue weighted by molar-refractivity contribution is -0.382. The number of aromatic nitrogens is 1. The van der Waals surface area contributed by atoms with Gasteiger partial charge in [0.2, 0.25) is 0 Å². The van der Waals surface area contributed by atoms with E-state index in [-0.39, 0.29) is 10.6 Å². The first-order valence-electron chi connectivity index (χ1n) is 7.43. The molecule has 0 spiro atoms. The zero-order valence-electron chi connectivity index (χ0n) is 12.8. The molecule has 0 saturated carbocycles. The maximum atomic E-state index is 11.6. The van der Waals surface area contributed by atoms with Crippen LogP contribution in [0, 0.1) is 17.0 Å². The van der Waals surface area contributed by atoms with Crippen LogP contribution in [0.25, 0.3) is 21.7 Å². The molecule has 0 unspecified atom stereocenters. The molecule has 1 aromatic heterocycles. The number of rotatable bonds is 3. The quantitative estimate of drug-likeness (QED) is 0.427. The van der Waals surface area contributed by atoms with Gasteiger partial charge in [0, 0.05) is 17.1 Å². The summed E-state index contributed by atoms with van der Waals surface area (Å²) in [6.07, 6.45) is 0. The van der Waals surface area contributed by atoms with Gasteiger partial charge in [-0.2, -0.15) is 0 Å². The van der Waals surface area contributed by atoms with E-state index in [9.17, 15) is 10.1 Å². The van der Waals surface area contributed by atoms with Gasteiger partial charge in [0.05, 0.1) is 16.0 Å². The highest BCUT2D eigenvalue weighted by Crippen LogP contribution is 2.35. The number of nitro groups is 1. The smallest absolute Gasteiger partial charge is 0.300 e. The third kappa shape index (κ3) is 2.25. The molecular formula is C18H13N3O3. The Morgan fingerprint density at radius 1 is 1.08 bits per heavy atom. The molecule has 0 aliphatic carbocycles. The van der Waals surface area contributed by atoms with Crippen LogP contribution in [0.4, 0.5) is 17.1 Å². The fraction of sp³-hybridized carbons (Fsp3) is 0.0556. The molecule has 0 atom stereocenters. The van der Waals surface area contributed by atoms with Crippen LogP contribution in [0.2, 0.25) is 0 Å². The topological polar surface area (TPSA) is 81.2 Å². The fourth-order valence-electron chi connectivity index (χ4n) is 2.85. The summed E-state index contributed by atoms with van der Waals surface area (Å²) in [6, 6.07) is 16.4. The molecule has 6 nitrogen and oxygen atoms in total. The van der Waals surface area contributed by atoms with Gasteiger partial charge in [0.25, 0.3) is 5.69 Å². The van der Waals surface area contributed by atoms with Crippen molar-refractivity contribution in [3.63, 3.8) is 0 Å². The van der Waals surface area contributed by atoms with Crippen LogP contribution in [-0.4, -0.2) is 10.1 Å². The highest BCUT2D eigenvalue weighted by Gasteiger charge is 2.18. The molecule has 0 aliphatic rings. The number of hydrogen-bond donors (Lipinski definition) is 1. The molecule has 0 aliphatic heterocycles. The number of anilines is 2. The summed E-state index contributed by atoms with van der Waals surface area (Å²) in [5.41, 5.74) is 2.66. The van der Waals surface area contributed by atoms with Crippen LogP contribution >= 0.6 is 0 Å². The molecule has 0 saturated heterocycles. The van der Waals surface area contributed by atoms with Crippen molar-refractivity contribution >= 4 is 38.8 Å². The molecule has 1 heterocycles. The van der Waals surface area contributed by atoms with E-state index in [0.29, 0.717) is 22.3 Å². The van der Waals surface area contributed by atoms with E-state index < -0.39 is 0 Å². The van der Waals surface area contributed by atoms with Gasteiger partial charge in [-0.15, -0.1) is 0 Å². The number of benzene rings is 3. The zero-order chi connectivity index (χ0) is 16.7. The maximum Gasteiger partial charge on any atom is 0.300 e. The predicted octanol–water partition coefficient (Wildman–Crippen LogP) is 4.94. The second-order valence-electron chi connectivity index (χ2n) is 5.54. The molecule has 6 heteroatoms. The lowest BCUT2D eigenvalue weighted by Gasteiger charge is -2.09. The lowest BCUT2D eigenvalue weighted by atomic mass is 10.1. The number of hydrogen-bond acceptors (Lipinski definition) is 5. The minimum absolute atomic E-state index is 0.0574. The summed E-state index contributed by atoms with van der Waals surface area (Å²) >= 11 is 0. The van der Waals surface area contributed by atoms with Crippen molar-refractivity contribution in [2.24, 2.45) is 0 Å². The molecule has 0 amide bonds. The third-order valence-corrected chi connectivity index (χ3v) is 4.01. The van der Waals surface area contributed by atoms with Crippen LogP contribution < -0.4 is 5.32 Å². The number of aryl methyl sites for hydroxylation is 1. The van der Waals surface area contributed by atoms with Crippen molar-refractivity contribution < 1.29 is 9.45 Å². The summed E-state index contributed by atoms with van der Waals surface area (Å²) in [5, 5.41) is 21.0. The first-order chi connectivity index (χ1) is 11.6. The second-order valence-corrected chi connectivity index (χ2v) is 5.54. The molecule has 1 N–H and O–H groups in total. The van der Waals surface area contributed by atoms with Gasteiger partial charge in [0.1, 0.15) is 5.69 Å². The molecule has 24 heavy (non-hydrogen) atoms. The zero-order valence-corrected chi connectivity index (χ0v) is 12.8. The summed E-state index contributed by atoms with van der Waals surface area (Å²) < 4.78 is 5.25. The highest BCUT2D eigenvalue weighted by molar-refractivity contribution is 5.97. The van der Waals surface area contributed by atoms with E-state index >= 15 is 0 Å². The standard InChI is InChI=1S/C18H13N3O3/c1-11-14-8-7-13(10-17(14)24-20-11)19-16-9-6-12-4-2-3-5-15(12)18(16)21(22)23/h2-10,19H,1H3. The van der Waals surface area contributed by atoms with Crippen molar-refractivity contribution in [3.8, 4) is 0 Å². The van der Waals surface area contributed by atoms with Gasteiger partial charge >= 0.3 is 0 Å². The third-order valence-electron chi connectivity index (χ3n) is 4.01. The average molecular weight is 319 g/mol. The number of nitrogens with one attached hydrogen (secondary N) is 1. The number of nitrogens with zero attached hydrogens (tertiary/aromatic N) is 2. The van der Waals surface area contributed by atoms with Gasteiger partial charge < -0.3 is 9.84 Å². The summed E-state index contributed by atoms with van der Waals surface area (Å²) in [7, 11) is 0. The summed E-state index contributed by atoms with van der Waals surface area (Å²) in [4.78, 5) is 11.2. The molecular weight excluding hydrogens is 306 g/mol. The molecule has 118 valence electrons. The predicted molar refractivity (Wildman–Crippen MR) is 92.6 cm³/mol. The Morgan fingerprint density at radius 3 is 2.75 bits per heavy atom. The summed E-state index contributed by atoms with van der Waals surface area (Å²) in [5.74, 6) is 0. The molecule has 0 radical (unpaired) electrons. The van der Waals surface area contributed by atoms with Gasteiger partial charge in [-0.25, -0.2) is 0 Å². The van der Waals surface area contributed by atoms with Crippen molar-refractivity contribution in [2.75, 3.05) is 5.32 Å². The average Bonchev–Trinajstić information content (AvgIpc) is 2.95. The Bertz CT molecular complexity index is 1090. The van der Waals surface area contributed by atoms with E-state index in [1.165, 1.54) is 0 Å². The molecule has 4 aromatic rings. The van der Waals surface area contributed by atoms with Crippen molar-refractivity contribution in [2.45, 2.75) is 6.92 Å². The molecule has 4 rings (SSSR count). The minimum Gasteiger partial charge on any atom is -0.356 e. The number of fused-ring (bicyclic) bond motifs is 2. The Balaban J connectivity index is 1.83. The molecule has 0 fully saturated rings. The van der Waals surface area contributed by atoms with Crippen LogP contribution in [0.3, 0.4) is 0 Å². The number of nitro benzene ring substituents is 1. The SMILES string of the molecule is Cc1noc2cc(Nc3ccc4ccccc4c3[N+](=O)[O-])ccc12. The van der Waals surface area contributed by atoms with Crippen molar-refractivity contribution in [1.82, 2.24) is 5.16 Å². The summed E-state index contributed by atoms with van der Waals surface area (Å²) in [6.45, 7) is 1.87. The van der Waals surface area contributed by atoms with Gasteiger partial charge in [-0.1, -0.05) is 29.4 Å². The largest absolute Gasteiger partial charge is 0.356 e. The van der Waals surface area contributed by atoms with Crippen LogP contribution in [-0.2, 0) is 0 Å². The van der Waals surface area contributed by atoms with E-state index in [0.717, 1.165) is 16.5 Å². The Morgan fingerprint density at radius 2 is 1.92 bits per heavy atom. The minimum atomic E-state index is -0.359. The first kappa shape index (κ1) is 14.2. The van der Waals surface area contributed by atoms with Crippen LogP contribution in [0.1, 0.15) is 5.69 Å². The van der Waals surface area contributed by atoms with Crippen LogP contribution in [0.15, 0.2) is 59.1 Å². The van der Waals surface area contributed by atoms with Gasteiger partial charge in [-0.05, 0) is 36.6 Å². The van der Waals surface area contributed by atoms with Crippen molar-refractivity contribution in [3.05, 3.63) is 70.4 Å². The lowest BCUT2D eigenvalue weighted by Crippen LogP contribution is -1.98. The fourth-order valence-corrected chi connectivity index (χ4v) is 2.85. The van der Waals surface area contributed by atoms with Gasteiger partial charge in [0.15, 0.2) is 5.58 Å². The van der Waals surface area contributed by atoms with Gasteiger partial charge in [-0.3, -0.25) is 10.1 Å². The van der Waals surface area contributed by atoms with E-state index in [2.05, 4.69) is 10.5 Å². The highest BCUT2D eigenvalue weighted by atomic mass is 16.6. The monoisotopic (exact) mass is 319 g/mol. The van der Waals surface area contributed by atoms with E-state index in [4.69, 9.17) is 4.52 Å². The van der Waals surface area contributed by atoms with Crippen molar-refractivity contribution in [1.29, 1.82) is 0 Å². The first-order valence-corrected chi connectivity index (χ1v) is 7.43. The second kappa shape index (κ2) is 5.34.